The minimum Gasteiger partial charge on any atom is -0.384 e. The van der Waals surface area contributed by atoms with Crippen LogP contribution < -0.4 is 0 Å². The fourth-order valence-electron chi connectivity index (χ4n) is 1.77. The van der Waals surface area contributed by atoms with E-state index in [1.165, 1.54) is 0 Å². The number of nitro groups is 1. The van der Waals surface area contributed by atoms with Gasteiger partial charge < -0.3 is 4.74 Å². The van der Waals surface area contributed by atoms with Crippen molar-refractivity contribution in [3.63, 3.8) is 0 Å². The quantitative estimate of drug-likeness (QED) is 0.458. The van der Waals surface area contributed by atoms with Crippen LogP contribution in [0.5, 0.6) is 0 Å². The largest absolute Gasteiger partial charge is 0.384 e. The van der Waals surface area contributed by atoms with Gasteiger partial charge in [0.05, 0.1) is 11.5 Å². The molecule has 0 aliphatic rings. The summed E-state index contributed by atoms with van der Waals surface area (Å²) >= 11 is 3.44. The zero-order valence-electron chi connectivity index (χ0n) is 10.1. The molecule has 17 heavy (non-hydrogen) atoms. The molecule has 0 bridgehead atoms. The van der Waals surface area contributed by atoms with E-state index in [-0.39, 0.29) is 15.4 Å². The molecule has 0 aromatic carbocycles. The van der Waals surface area contributed by atoms with Gasteiger partial charge in [-0.15, -0.1) is 0 Å². The Morgan fingerprint density at radius 3 is 2.76 bits per heavy atom. The summed E-state index contributed by atoms with van der Waals surface area (Å²) in [7, 11) is 1.60. The van der Waals surface area contributed by atoms with Crippen molar-refractivity contribution in [3.05, 3.63) is 21.5 Å². The molecule has 0 radical (unpaired) electrons. The number of methoxy groups -OCH3 is 1. The summed E-state index contributed by atoms with van der Waals surface area (Å²) < 4.78 is 6.69. The summed E-state index contributed by atoms with van der Waals surface area (Å²) in [4.78, 5) is 10.7. The molecule has 1 rings (SSSR count). The average Bonchev–Trinajstić information content (AvgIpc) is 2.55. The van der Waals surface area contributed by atoms with Crippen LogP contribution in [-0.4, -0.2) is 33.2 Å². The number of alkyl halides is 1. The van der Waals surface area contributed by atoms with Crippen LogP contribution in [0.1, 0.15) is 18.3 Å². The Balaban J connectivity index is 3.06. The van der Waals surface area contributed by atoms with E-state index in [1.807, 2.05) is 6.92 Å². The monoisotopic (exact) mass is 305 g/mol. The van der Waals surface area contributed by atoms with Crippen molar-refractivity contribution in [2.75, 3.05) is 13.7 Å². The molecule has 0 fully saturated rings. The predicted octanol–water partition coefficient (Wildman–Crippen LogP) is 2.07. The number of halogens is 1. The molecule has 0 N–H and O–H groups in total. The Morgan fingerprint density at radius 1 is 1.65 bits per heavy atom. The lowest BCUT2D eigenvalue weighted by Crippen LogP contribution is -2.14. The van der Waals surface area contributed by atoms with Crippen LogP contribution in [0.25, 0.3) is 0 Å². The van der Waals surface area contributed by atoms with Crippen LogP contribution in [-0.2, 0) is 17.7 Å². The molecular weight excluding hydrogens is 290 g/mol. The third-order valence-electron chi connectivity index (χ3n) is 2.44. The zero-order valence-corrected chi connectivity index (χ0v) is 11.7. The van der Waals surface area contributed by atoms with Crippen LogP contribution in [0.2, 0.25) is 0 Å². The molecule has 1 atom stereocenters. The van der Waals surface area contributed by atoms with Crippen molar-refractivity contribution in [3.8, 4) is 0 Å². The smallest absolute Gasteiger partial charge is 0.313 e. The van der Waals surface area contributed by atoms with Crippen molar-refractivity contribution in [2.24, 2.45) is 0 Å². The lowest BCUT2D eigenvalue weighted by atomic mass is 10.2. The topological polar surface area (TPSA) is 70.2 Å². The molecule has 0 saturated carbocycles. The van der Waals surface area contributed by atoms with Gasteiger partial charge >= 0.3 is 5.69 Å². The lowest BCUT2D eigenvalue weighted by Gasteiger charge is -2.09. The summed E-state index contributed by atoms with van der Waals surface area (Å²) in [5.41, 5.74) is 1.23. The second kappa shape index (κ2) is 6.11. The Hall–Kier alpha value is -0.950. The number of hydrogen-bond acceptors (Lipinski definition) is 4. The van der Waals surface area contributed by atoms with Crippen LogP contribution in [0.15, 0.2) is 0 Å². The molecular formula is C10H16BrN3O3. The third kappa shape index (κ3) is 3.26. The number of hydrogen-bond donors (Lipinski definition) is 0. The van der Waals surface area contributed by atoms with Gasteiger partial charge in [-0.3, -0.25) is 14.8 Å². The van der Waals surface area contributed by atoms with Crippen molar-refractivity contribution >= 4 is 21.6 Å². The predicted molar refractivity (Wildman–Crippen MR) is 67.6 cm³/mol. The molecule has 96 valence electrons. The number of nitrogens with zero attached hydrogens (tertiary/aromatic N) is 3. The average molecular weight is 306 g/mol. The fourth-order valence-corrected chi connectivity index (χ4v) is 2.34. The number of ether oxygens (including phenoxy) is 1. The first-order chi connectivity index (χ1) is 8.01. The third-order valence-corrected chi connectivity index (χ3v) is 3.03. The first kappa shape index (κ1) is 14.1. The molecule has 0 amide bonds. The maximum absolute atomic E-state index is 11.0. The molecule has 1 aromatic heterocycles. The minimum absolute atomic E-state index is 0.0487. The first-order valence-electron chi connectivity index (χ1n) is 5.34. The summed E-state index contributed by atoms with van der Waals surface area (Å²) in [5.74, 6) is 0. The summed E-state index contributed by atoms with van der Waals surface area (Å²) in [6.07, 6.45) is 0.527. The molecule has 0 spiro atoms. The molecule has 7 heteroatoms. The van der Waals surface area contributed by atoms with E-state index >= 15 is 0 Å². The first-order valence-corrected chi connectivity index (χ1v) is 6.26. The second-order valence-electron chi connectivity index (χ2n) is 3.71. The maximum atomic E-state index is 11.0. The van der Waals surface area contributed by atoms with Crippen molar-refractivity contribution in [1.82, 2.24) is 9.78 Å². The maximum Gasteiger partial charge on any atom is 0.313 e. The molecule has 1 unspecified atom stereocenters. The van der Waals surface area contributed by atoms with Crippen LogP contribution >= 0.6 is 15.9 Å². The molecule has 6 nitrogen and oxygen atoms in total. The van der Waals surface area contributed by atoms with E-state index in [0.29, 0.717) is 31.0 Å². The van der Waals surface area contributed by atoms with Gasteiger partial charge in [-0.05, 0) is 13.8 Å². The van der Waals surface area contributed by atoms with Gasteiger partial charge in [0.15, 0.2) is 0 Å². The van der Waals surface area contributed by atoms with Gasteiger partial charge in [-0.2, -0.15) is 5.10 Å². The standard InChI is InChI=1S/C10H16BrN3O3/c1-4-13-9(5-8(11)6-17-3)10(14(15)16)7(2)12-13/h8H,4-6H2,1-3H3. The van der Waals surface area contributed by atoms with Crippen LogP contribution in [0.4, 0.5) is 5.69 Å². The van der Waals surface area contributed by atoms with E-state index in [0.717, 1.165) is 0 Å². The minimum atomic E-state index is -0.365. The van der Waals surface area contributed by atoms with Gasteiger partial charge in [-0.1, -0.05) is 15.9 Å². The SMILES string of the molecule is CCn1nc(C)c([N+](=O)[O-])c1CC(Br)COC. The summed E-state index contributed by atoms with van der Waals surface area (Å²) in [6, 6.07) is 0. The van der Waals surface area contributed by atoms with Crippen molar-refractivity contribution < 1.29 is 9.66 Å². The fraction of sp³-hybridized carbons (Fsp3) is 0.700. The van der Waals surface area contributed by atoms with E-state index in [9.17, 15) is 10.1 Å². The van der Waals surface area contributed by atoms with E-state index in [2.05, 4.69) is 21.0 Å². The Labute approximate surface area is 108 Å². The molecule has 0 aliphatic heterocycles. The van der Waals surface area contributed by atoms with Gasteiger partial charge in [0.1, 0.15) is 11.4 Å². The number of aryl methyl sites for hydroxylation is 2. The van der Waals surface area contributed by atoms with Gasteiger partial charge in [0.25, 0.3) is 0 Å². The van der Waals surface area contributed by atoms with Crippen molar-refractivity contribution in [1.29, 1.82) is 0 Å². The Bertz CT molecular complexity index is 406. The molecule has 0 saturated heterocycles. The number of aromatic nitrogens is 2. The zero-order chi connectivity index (χ0) is 13.0. The van der Waals surface area contributed by atoms with E-state index < -0.39 is 0 Å². The Morgan fingerprint density at radius 2 is 2.29 bits per heavy atom. The molecule has 1 aromatic rings. The highest BCUT2D eigenvalue weighted by Crippen LogP contribution is 2.25. The highest BCUT2D eigenvalue weighted by Gasteiger charge is 2.26. The van der Waals surface area contributed by atoms with E-state index in [1.54, 1.807) is 18.7 Å². The molecule has 0 aliphatic carbocycles. The molecule has 1 heterocycles. The second-order valence-corrected chi connectivity index (χ2v) is 5.01. The lowest BCUT2D eigenvalue weighted by molar-refractivity contribution is -0.386. The van der Waals surface area contributed by atoms with Crippen LogP contribution in [0.3, 0.4) is 0 Å². The summed E-state index contributed by atoms with van der Waals surface area (Å²) in [6.45, 7) is 4.70. The normalized spacial score (nSPS) is 12.7. The van der Waals surface area contributed by atoms with E-state index in [4.69, 9.17) is 4.74 Å². The van der Waals surface area contributed by atoms with Crippen molar-refractivity contribution in [2.45, 2.75) is 31.6 Å². The summed E-state index contributed by atoms with van der Waals surface area (Å²) in [5, 5.41) is 15.2. The highest BCUT2D eigenvalue weighted by atomic mass is 79.9. The van der Waals surface area contributed by atoms with Gasteiger partial charge in [0.2, 0.25) is 0 Å². The highest BCUT2D eigenvalue weighted by molar-refractivity contribution is 9.09. The van der Waals surface area contributed by atoms with Crippen LogP contribution in [0, 0.1) is 17.0 Å². The van der Waals surface area contributed by atoms with Gasteiger partial charge in [0, 0.05) is 24.9 Å². The number of rotatable bonds is 6. The van der Waals surface area contributed by atoms with Gasteiger partial charge in [-0.25, -0.2) is 0 Å². The Kier molecular flexibility index (Phi) is 5.07.